The summed E-state index contributed by atoms with van der Waals surface area (Å²) >= 11 is 0. The smallest absolute Gasteiger partial charge is 0.243 e. The second kappa shape index (κ2) is 10.1. The van der Waals surface area contributed by atoms with Gasteiger partial charge < -0.3 is 10.2 Å². The van der Waals surface area contributed by atoms with Crippen LogP contribution in [0.15, 0.2) is 64.4 Å². The number of hydrogen-bond acceptors (Lipinski definition) is 6. The molecule has 1 amide bonds. The molecular formula is C23H30N4O5S2. The number of carbonyl (C=O) groups is 1. The zero-order valence-corrected chi connectivity index (χ0v) is 20.8. The standard InChI is InChI=1S/C23H30N4O5S2/c1-25-14-16-26(17-15-25)33(29,30)22-11-9-20(10-12-22)24-23(28)19-6-5-13-27(18-19)34(31,32)21-7-3-2-4-8-21/h2-4,7-12,19H,5-6,13-18H2,1H3,(H,24,28)/t19-/m1/s1. The van der Waals surface area contributed by atoms with Gasteiger partial charge >= 0.3 is 0 Å². The van der Waals surface area contributed by atoms with Crippen molar-refractivity contribution < 1.29 is 21.6 Å². The van der Waals surface area contributed by atoms with Gasteiger partial charge in [0.25, 0.3) is 0 Å². The molecule has 2 heterocycles. The summed E-state index contributed by atoms with van der Waals surface area (Å²) in [5.74, 6) is -0.761. The Labute approximate surface area is 201 Å². The van der Waals surface area contributed by atoms with E-state index >= 15 is 0 Å². The summed E-state index contributed by atoms with van der Waals surface area (Å²) in [5, 5.41) is 2.81. The van der Waals surface area contributed by atoms with Crippen molar-refractivity contribution in [2.75, 3.05) is 51.6 Å². The Morgan fingerprint density at radius 1 is 0.794 bits per heavy atom. The third-order valence-electron chi connectivity index (χ3n) is 6.36. The molecule has 2 aromatic rings. The van der Waals surface area contributed by atoms with Crippen molar-refractivity contribution in [1.29, 1.82) is 0 Å². The average molecular weight is 507 g/mol. The molecule has 9 nitrogen and oxygen atoms in total. The zero-order chi connectivity index (χ0) is 24.3. The highest BCUT2D eigenvalue weighted by Crippen LogP contribution is 2.25. The molecule has 2 aliphatic heterocycles. The quantitative estimate of drug-likeness (QED) is 0.639. The fourth-order valence-electron chi connectivity index (χ4n) is 4.25. The number of hydrogen-bond donors (Lipinski definition) is 1. The van der Waals surface area contributed by atoms with Crippen LogP contribution in [0.3, 0.4) is 0 Å². The molecule has 184 valence electrons. The van der Waals surface area contributed by atoms with Crippen LogP contribution < -0.4 is 5.32 Å². The minimum atomic E-state index is -3.66. The van der Waals surface area contributed by atoms with Gasteiger partial charge in [0.05, 0.1) is 15.7 Å². The highest BCUT2D eigenvalue weighted by molar-refractivity contribution is 7.89. The van der Waals surface area contributed by atoms with Crippen molar-refractivity contribution in [2.24, 2.45) is 5.92 Å². The van der Waals surface area contributed by atoms with Gasteiger partial charge in [-0.1, -0.05) is 18.2 Å². The molecule has 11 heteroatoms. The summed E-state index contributed by atoms with van der Waals surface area (Å²) in [6.45, 7) is 2.75. The molecule has 0 bridgehead atoms. The van der Waals surface area contributed by atoms with Gasteiger partial charge in [-0.15, -0.1) is 0 Å². The summed E-state index contributed by atoms with van der Waals surface area (Å²) in [6, 6.07) is 14.3. The van der Waals surface area contributed by atoms with Gasteiger partial charge in [-0.3, -0.25) is 4.79 Å². The summed E-state index contributed by atoms with van der Waals surface area (Å²) in [4.78, 5) is 15.4. The van der Waals surface area contributed by atoms with Crippen molar-refractivity contribution in [3.63, 3.8) is 0 Å². The molecule has 0 aromatic heterocycles. The van der Waals surface area contributed by atoms with Crippen LogP contribution in [0.25, 0.3) is 0 Å². The molecule has 0 unspecified atom stereocenters. The second-order valence-corrected chi connectivity index (χ2v) is 12.6. The highest BCUT2D eigenvalue weighted by Gasteiger charge is 2.33. The van der Waals surface area contributed by atoms with E-state index in [9.17, 15) is 21.6 Å². The predicted molar refractivity (Wildman–Crippen MR) is 129 cm³/mol. The number of piperazine rings is 1. The number of nitrogens with one attached hydrogen (secondary N) is 1. The number of benzene rings is 2. The molecule has 0 radical (unpaired) electrons. The van der Waals surface area contributed by atoms with E-state index in [-0.39, 0.29) is 22.2 Å². The van der Waals surface area contributed by atoms with Crippen LogP contribution in [0.2, 0.25) is 0 Å². The number of likely N-dealkylation sites (N-methyl/N-ethyl adjacent to an activating group) is 1. The first-order valence-electron chi connectivity index (χ1n) is 11.3. The molecule has 2 aliphatic rings. The molecule has 1 atom stereocenters. The SMILES string of the molecule is CN1CCN(S(=O)(=O)c2ccc(NC(=O)[C@@H]3CCCN(S(=O)(=O)c4ccccc4)C3)cc2)CC1. The van der Waals surface area contributed by atoms with Crippen LogP contribution in [-0.2, 0) is 24.8 Å². The van der Waals surface area contributed by atoms with E-state index in [2.05, 4.69) is 10.2 Å². The number of rotatable bonds is 6. The van der Waals surface area contributed by atoms with Gasteiger partial charge in [-0.25, -0.2) is 16.8 Å². The van der Waals surface area contributed by atoms with Crippen LogP contribution in [-0.4, -0.2) is 82.6 Å². The van der Waals surface area contributed by atoms with Crippen LogP contribution in [0.1, 0.15) is 12.8 Å². The minimum absolute atomic E-state index is 0.110. The van der Waals surface area contributed by atoms with Crippen molar-refractivity contribution in [3.05, 3.63) is 54.6 Å². The average Bonchev–Trinajstić information content (AvgIpc) is 2.85. The molecule has 1 N–H and O–H groups in total. The maximum absolute atomic E-state index is 12.9. The molecule has 2 saturated heterocycles. The van der Waals surface area contributed by atoms with Gasteiger partial charge in [0.1, 0.15) is 0 Å². The number of piperidine rings is 1. The highest BCUT2D eigenvalue weighted by atomic mass is 32.2. The van der Waals surface area contributed by atoms with Crippen molar-refractivity contribution in [3.8, 4) is 0 Å². The van der Waals surface area contributed by atoms with E-state index in [1.807, 2.05) is 7.05 Å². The molecule has 4 rings (SSSR count). The Balaban J connectivity index is 1.40. The number of anilines is 1. The summed E-state index contributed by atoms with van der Waals surface area (Å²) in [5.41, 5.74) is 0.477. The normalized spacial score (nSPS) is 21.3. The topological polar surface area (TPSA) is 107 Å². The second-order valence-electron chi connectivity index (χ2n) is 8.74. The molecule has 0 aliphatic carbocycles. The van der Waals surface area contributed by atoms with Crippen LogP contribution in [0, 0.1) is 5.92 Å². The van der Waals surface area contributed by atoms with Crippen LogP contribution in [0.5, 0.6) is 0 Å². The number of nitrogens with zero attached hydrogens (tertiary/aromatic N) is 3. The fourth-order valence-corrected chi connectivity index (χ4v) is 7.22. The molecule has 0 spiro atoms. The van der Waals surface area contributed by atoms with E-state index in [4.69, 9.17) is 0 Å². The lowest BCUT2D eigenvalue weighted by atomic mass is 9.99. The van der Waals surface area contributed by atoms with E-state index in [0.717, 1.165) is 0 Å². The Kier molecular flexibility index (Phi) is 7.39. The molecule has 34 heavy (non-hydrogen) atoms. The van der Waals surface area contributed by atoms with Crippen molar-refractivity contribution in [2.45, 2.75) is 22.6 Å². The first-order valence-corrected chi connectivity index (χ1v) is 14.2. The summed E-state index contributed by atoms with van der Waals surface area (Å²) < 4.78 is 54.4. The lowest BCUT2D eigenvalue weighted by Gasteiger charge is -2.31. The molecule has 2 fully saturated rings. The monoisotopic (exact) mass is 506 g/mol. The maximum atomic E-state index is 12.9. The van der Waals surface area contributed by atoms with Gasteiger partial charge in [-0.05, 0) is 56.3 Å². The third kappa shape index (κ3) is 5.33. The number of sulfonamides is 2. The van der Waals surface area contributed by atoms with Crippen LogP contribution in [0.4, 0.5) is 5.69 Å². The fraction of sp³-hybridized carbons (Fsp3) is 0.435. The van der Waals surface area contributed by atoms with Gasteiger partial charge in [0, 0.05) is 45.0 Å². The Bertz CT molecular complexity index is 1210. The van der Waals surface area contributed by atoms with E-state index in [0.29, 0.717) is 51.3 Å². The lowest BCUT2D eigenvalue weighted by Crippen LogP contribution is -2.47. The number of carbonyl (C=O) groups excluding carboxylic acids is 1. The van der Waals surface area contributed by atoms with Gasteiger partial charge in [-0.2, -0.15) is 8.61 Å². The van der Waals surface area contributed by atoms with Gasteiger partial charge in [0.15, 0.2) is 0 Å². The van der Waals surface area contributed by atoms with Crippen LogP contribution >= 0.6 is 0 Å². The predicted octanol–water partition coefficient (Wildman–Crippen LogP) is 1.66. The van der Waals surface area contributed by atoms with E-state index in [1.165, 1.54) is 20.7 Å². The van der Waals surface area contributed by atoms with Gasteiger partial charge in [0.2, 0.25) is 26.0 Å². The maximum Gasteiger partial charge on any atom is 0.243 e. The Morgan fingerprint density at radius 3 is 2.03 bits per heavy atom. The first kappa shape index (κ1) is 24.8. The van der Waals surface area contributed by atoms with E-state index < -0.39 is 26.0 Å². The van der Waals surface area contributed by atoms with E-state index in [1.54, 1.807) is 42.5 Å². The van der Waals surface area contributed by atoms with Crippen molar-refractivity contribution in [1.82, 2.24) is 13.5 Å². The third-order valence-corrected chi connectivity index (χ3v) is 10.2. The number of amides is 1. The molecular weight excluding hydrogens is 476 g/mol. The first-order chi connectivity index (χ1) is 16.2. The summed E-state index contributed by atoms with van der Waals surface area (Å²) in [7, 11) is -5.28. The lowest BCUT2D eigenvalue weighted by molar-refractivity contribution is -0.120. The summed E-state index contributed by atoms with van der Waals surface area (Å²) in [6.07, 6.45) is 1.18. The Morgan fingerprint density at radius 2 is 1.38 bits per heavy atom. The minimum Gasteiger partial charge on any atom is -0.326 e. The van der Waals surface area contributed by atoms with Crippen molar-refractivity contribution >= 4 is 31.6 Å². The molecule has 2 aromatic carbocycles. The molecule has 0 saturated carbocycles. The zero-order valence-electron chi connectivity index (χ0n) is 19.1. The Hall–Kier alpha value is -2.31. The largest absolute Gasteiger partial charge is 0.326 e.